The van der Waals surface area contributed by atoms with Crippen molar-refractivity contribution in [2.75, 3.05) is 20.8 Å². The molecular weight excluding hydrogens is 242 g/mol. The van der Waals surface area contributed by atoms with Crippen LogP contribution < -0.4 is 4.74 Å². The number of amides is 1. The molecule has 1 aromatic carbocycles. The Labute approximate surface area is 115 Å². The Bertz CT molecular complexity index is 469. The molecule has 0 saturated heterocycles. The van der Waals surface area contributed by atoms with Crippen LogP contribution in [0.1, 0.15) is 28.7 Å². The highest BCUT2D eigenvalue weighted by molar-refractivity contribution is 5.76. The van der Waals surface area contributed by atoms with E-state index in [-0.39, 0.29) is 18.9 Å². The van der Waals surface area contributed by atoms with Crippen molar-refractivity contribution in [3.8, 4) is 5.75 Å². The summed E-state index contributed by atoms with van der Waals surface area (Å²) in [6.07, 6.45) is 0.155. The van der Waals surface area contributed by atoms with Crippen molar-refractivity contribution < 1.29 is 14.6 Å². The van der Waals surface area contributed by atoms with Crippen molar-refractivity contribution in [1.29, 1.82) is 0 Å². The van der Waals surface area contributed by atoms with Gasteiger partial charge in [0.2, 0.25) is 5.91 Å². The molecule has 1 aromatic rings. The van der Waals surface area contributed by atoms with Crippen LogP contribution in [-0.2, 0) is 11.3 Å². The van der Waals surface area contributed by atoms with Gasteiger partial charge in [-0.15, -0.1) is 0 Å². The van der Waals surface area contributed by atoms with Crippen molar-refractivity contribution in [2.24, 2.45) is 0 Å². The number of methoxy groups -OCH3 is 1. The maximum atomic E-state index is 11.7. The molecule has 4 heteroatoms. The zero-order valence-electron chi connectivity index (χ0n) is 12.4. The summed E-state index contributed by atoms with van der Waals surface area (Å²) in [5, 5.41) is 8.82. The molecule has 0 saturated carbocycles. The van der Waals surface area contributed by atoms with E-state index in [1.165, 1.54) is 5.56 Å². The molecule has 4 nitrogen and oxygen atoms in total. The highest BCUT2D eigenvalue weighted by atomic mass is 16.5. The van der Waals surface area contributed by atoms with E-state index in [1.54, 1.807) is 19.1 Å². The lowest BCUT2D eigenvalue weighted by molar-refractivity contribution is -0.131. The van der Waals surface area contributed by atoms with Gasteiger partial charge in [0.05, 0.1) is 13.7 Å². The standard InChI is InChI=1S/C15H23NO3/c1-10-8-11(2)13(15(19-5)12(10)3)9-16(4)14(18)6-7-17/h8,17H,6-7,9H2,1-5H3. The Morgan fingerprint density at radius 2 is 1.95 bits per heavy atom. The molecule has 0 aliphatic carbocycles. The zero-order valence-corrected chi connectivity index (χ0v) is 12.4. The number of ether oxygens (including phenoxy) is 1. The molecule has 0 bridgehead atoms. The van der Waals surface area contributed by atoms with E-state index < -0.39 is 0 Å². The zero-order chi connectivity index (χ0) is 14.6. The third kappa shape index (κ3) is 3.47. The molecule has 0 radical (unpaired) electrons. The number of rotatable bonds is 5. The second kappa shape index (κ2) is 6.57. The van der Waals surface area contributed by atoms with Crippen LogP contribution >= 0.6 is 0 Å². The molecule has 0 atom stereocenters. The van der Waals surface area contributed by atoms with Crippen LogP contribution in [0.25, 0.3) is 0 Å². The second-order valence-corrected chi connectivity index (χ2v) is 4.87. The quantitative estimate of drug-likeness (QED) is 0.885. The van der Waals surface area contributed by atoms with Gasteiger partial charge in [0.1, 0.15) is 5.75 Å². The minimum absolute atomic E-state index is 0.0674. The number of aryl methyl sites for hydroxylation is 2. The van der Waals surface area contributed by atoms with E-state index in [2.05, 4.69) is 13.0 Å². The summed E-state index contributed by atoms with van der Waals surface area (Å²) < 4.78 is 5.49. The SMILES string of the molecule is COc1c(C)c(C)cc(C)c1CN(C)C(=O)CCO. The molecule has 0 spiro atoms. The van der Waals surface area contributed by atoms with Gasteiger partial charge < -0.3 is 14.7 Å². The third-order valence-electron chi connectivity index (χ3n) is 3.47. The Hall–Kier alpha value is -1.55. The lowest BCUT2D eigenvalue weighted by atomic mass is 9.98. The molecule has 0 heterocycles. The van der Waals surface area contributed by atoms with E-state index in [4.69, 9.17) is 9.84 Å². The maximum absolute atomic E-state index is 11.7. The maximum Gasteiger partial charge on any atom is 0.224 e. The molecule has 19 heavy (non-hydrogen) atoms. The average molecular weight is 265 g/mol. The normalized spacial score (nSPS) is 10.4. The highest BCUT2D eigenvalue weighted by Crippen LogP contribution is 2.30. The Morgan fingerprint density at radius 1 is 1.32 bits per heavy atom. The van der Waals surface area contributed by atoms with Crippen LogP contribution in [0.15, 0.2) is 6.07 Å². The van der Waals surface area contributed by atoms with Gasteiger partial charge in [0.25, 0.3) is 0 Å². The first-order valence-electron chi connectivity index (χ1n) is 6.40. The minimum Gasteiger partial charge on any atom is -0.496 e. The summed E-state index contributed by atoms with van der Waals surface area (Å²) >= 11 is 0. The molecule has 0 fully saturated rings. The fourth-order valence-electron chi connectivity index (χ4n) is 2.19. The van der Waals surface area contributed by atoms with E-state index in [1.807, 2.05) is 13.8 Å². The van der Waals surface area contributed by atoms with Gasteiger partial charge in [-0.25, -0.2) is 0 Å². The fourth-order valence-corrected chi connectivity index (χ4v) is 2.19. The molecule has 0 aliphatic rings. The summed E-state index contributed by atoms with van der Waals surface area (Å²) in [6.45, 7) is 6.47. The number of carbonyl (C=O) groups is 1. The van der Waals surface area contributed by atoms with E-state index in [0.29, 0.717) is 6.54 Å². The Kier molecular flexibility index (Phi) is 5.36. The predicted octanol–water partition coefficient (Wildman–Crippen LogP) is 1.96. The monoisotopic (exact) mass is 265 g/mol. The lowest BCUT2D eigenvalue weighted by Gasteiger charge is -2.22. The number of aliphatic hydroxyl groups excluding tert-OH is 1. The largest absolute Gasteiger partial charge is 0.496 e. The number of aliphatic hydroxyl groups is 1. The first-order chi connectivity index (χ1) is 8.92. The van der Waals surface area contributed by atoms with Crippen LogP contribution in [0.5, 0.6) is 5.75 Å². The molecule has 1 amide bonds. The minimum atomic E-state index is -0.119. The van der Waals surface area contributed by atoms with Crippen LogP contribution in [-0.4, -0.2) is 36.7 Å². The Balaban J connectivity index is 3.07. The van der Waals surface area contributed by atoms with Gasteiger partial charge in [0.15, 0.2) is 0 Å². The molecule has 1 rings (SSSR count). The average Bonchev–Trinajstić information content (AvgIpc) is 2.36. The van der Waals surface area contributed by atoms with Crippen LogP contribution in [0.3, 0.4) is 0 Å². The van der Waals surface area contributed by atoms with Gasteiger partial charge in [-0.05, 0) is 37.5 Å². The van der Waals surface area contributed by atoms with Gasteiger partial charge in [-0.2, -0.15) is 0 Å². The van der Waals surface area contributed by atoms with Crippen LogP contribution in [0, 0.1) is 20.8 Å². The summed E-state index contributed by atoms with van der Waals surface area (Å²) in [6, 6.07) is 2.11. The predicted molar refractivity (Wildman–Crippen MR) is 75.4 cm³/mol. The van der Waals surface area contributed by atoms with Crippen LogP contribution in [0.2, 0.25) is 0 Å². The Morgan fingerprint density at radius 3 is 2.47 bits per heavy atom. The van der Waals surface area contributed by atoms with Crippen molar-refractivity contribution in [3.05, 3.63) is 28.3 Å². The van der Waals surface area contributed by atoms with Crippen molar-refractivity contribution in [1.82, 2.24) is 4.90 Å². The first-order valence-corrected chi connectivity index (χ1v) is 6.40. The van der Waals surface area contributed by atoms with E-state index >= 15 is 0 Å². The highest BCUT2D eigenvalue weighted by Gasteiger charge is 2.16. The fraction of sp³-hybridized carbons (Fsp3) is 0.533. The number of benzene rings is 1. The lowest BCUT2D eigenvalue weighted by Crippen LogP contribution is -2.27. The molecular formula is C15H23NO3. The summed E-state index contributed by atoms with van der Waals surface area (Å²) in [7, 11) is 3.40. The van der Waals surface area contributed by atoms with Crippen LogP contribution in [0.4, 0.5) is 0 Å². The van der Waals surface area contributed by atoms with Crippen molar-refractivity contribution in [2.45, 2.75) is 33.7 Å². The molecule has 0 unspecified atom stereocenters. The number of carbonyl (C=O) groups excluding carboxylic acids is 1. The molecule has 0 aromatic heterocycles. The topological polar surface area (TPSA) is 49.8 Å². The summed E-state index contributed by atoms with van der Waals surface area (Å²) in [5.74, 6) is 0.781. The first kappa shape index (κ1) is 15.5. The van der Waals surface area contributed by atoms with Crippen molar-refractivity contribution >= 4 is 5.91 Å². The molecule has 1 N–H and O–H groups in total. The van der Waals surface area contributed by atoms with E-state index in [9.17, 15) is 4.79 Å². The number of nitrogens with zero attached hydrogens (tertiary/aromatic N) is 1. The summed E-state index contributed by atoms with van der Waals surface area (Å²) in [4.78, 5) is 13.4. The van der Waals surface area contributed by atoms with Gasteiger partial charge in [0, 0.05) is 25.6 Å². The van der Waals surface area contributed by atoms with Crippen molar-refractivity contribution in [3.63, 3.8) is 0 Å². The van der Waals surface area contributed by atoms with Gasteiger partial charge >= 0.3 is 0 Å². The third-order valence-corrected chi connectivity index (χ3v) is 3.47. The molecule has 106 valence electrons. The smallest absolute Gasteiger partial charge is 0.224 e. The van der Waals surface area contributed by atoms with Gasteiger partial charge in [-0.3, -0.25) is 4.79 Å². The van der Waals surface area contributed by atoms with Gasteiger partial charge in [-0.1, -0.05) is 6.07 Å². The second-order valence-electron chi connectivity index (χ2n) is 4.87. The number of hydrogen-bond donors (Lipinski definition) is 1. The molecule has 0 aliphatic heterocycles. The van der Waals surface area contributed by atoms with E-state index in [0.717, 1.165) is 22.4 Å². The number of hydrogen-bond acceptors (Lipinski definition) is 3. The summed E-state index contributed by atoms with van der Waals surface area (Å²) in [5.41, 5.74) is 4.43.